The van der Waals surface area contributed by atoms with Crippen molar-refractivity contribution in [1.82, 2.24) is 9.88 Å². The second-order valence-electron chi connectivity index (χ2n) is 5.60. The summed E-state index contributed by atoms with van der Waals surface area (Å²) in [6.45, 7) is 9.60. The molecular weight excluding hydrogens is 256 g/mol. The van der Waals surface area contributed by atoms with Crippen molar-refractivity contribution >= 4 is 10.9 Å². The topological polar surface area (TPSA) is 19.0 Å². The first-order valence-electron chi connectivity index (χ1n) is 7.64. The molecule has 1 aliphatic heterocycles. The van der Waals surface area contributed by atoms with Gasteiger partial charge >= 0.3 is 0 Å². The minimum absolute atomic E-state index is 0.434. The number of rotatable bonds is 5. The number of allylic oxidation sites excluding steroid dienone is 1. The van der Waals surface area contributed by atoms with Crippen LogP contribution in [-0.4, -0.2) is 23.0 Å². The summed E-state index contributed by atoms with van der Waals surface area (Å²) in [4.78, 5) is 6.17. The van der Waals surface area contributed by atoms with Gasteiger partial charge in [-0.1, -0.05) is 30.9 Å². The third-order valence-corrected chi connectivity index (χ3v) is 4.36. The van der Waals surface area contributed by atoms with Crippen LogP contribution in [0.3, 0.4) is 0 Å². The largest absolute Gasteiger partial charge is 0.357 e. The average Bonchev–Trinajstić information content (AvgIpc) is 2.88. The zero-order valence-electron chi connectivity index (χ0n) is 12.4. The molecule has 1 unspecified atom stereocenters. The zero-order chi connectivity index (χ0) is 14.7. The lowest BCUT2D eigenvalue weighted by molar-refractivity contribution is 0.193. The van der Waals surface area contributed by atoms with Crippen LogP contribution in [0, 0.1) is 0 Å². The van der Waals surface area contributed by atoms with E-state index in [0.29, 0.717) is 6.04 Å². The van der Waals surface area contributed by atoms with E-state index in [1.54, 1.807) is 0 Å². The zero-order valence-corrected chi connectivity index (χ0v) is 12.4. The fraction of sp³-hybridized carbons (Fsp3) is 0.316. The molecule has 1 aromatic heterocycles. The van der Waals surface area contributed by atoms with Crippen LogP contribution in [0.5, 0.6) is 0 Å². The number of para-hydroxylation sites is 1. The number of benzene rings is 1. The lowest BCUT2D eigenvalue weighted by Crippen LogP contribution is -2.35. The Hall–Kier alpha value is -2.02. The van der Waals surface area contributed by atoms with Gasteiger partial charge in [0.05, 0.1) is 6.04 Å². The standard InChI is InChI=1S/C19H22N2/c1-3-5-6-11-18-19-16(12-14-21(18)13-4-2)15-9-7-8-10-17(15)20-19/h4-5,7-10,18,20H,1-2,6,11-14H2. The van der Waals surface area contributed by atoms with Gasteiger partial charge in [0.15, 0.2) is 0 Å². The first-order valence-corrected chi connectivity index (χ1v) is 7.64. The number of hydrogen-bond donors (Lipinski definition) is 1. The normalized spacial score (nSPS) is 18.2. The van der Waals surface area contributed by atoms with E-state index in [-0.39, 0.29) is 0 Å². The molecule has 0 fully saturated rings. The van der Waals surface area contributed by atoms with Gasteiger partial charge in [-0.05, 0) is 37.0 Å². The minimum Gasteiger partial charge on any atom is -0.357 e. The summed E-state index contributed by atoms with van der Waals surface area (Å²) in [7, 11) is 0. The molecule has 0 amide bonds. The number of aromatic nitrogens is 1. The molecule has 1 aromatic carbocycles. The molecule has 0 saturated carbocycles. The maximum Gasteiger partial charge on any atom is 0.0508 e. The Labute approximate surface area is 126 Å². The Bertz CT molecular complexity index is 689. The molecule has 1 aliphatic rings. The highest BCUT2D eigenvalue weighted by molar-refractivity contribution is 5.85. The molecule has 2 nitrogen and oxygen atoms in total. The second kappa shape index (κ2) is 6.17. The first kappa shape index (κ1) is 13.9. The van der Waals surface area contributed by atoms with Gasteiger partial charge in [-0.15, -0.1) is 12.3 Å². The van der Waals surface area contributed by atoms with E-state index < -0.39 is 0 Å². The van der Waals surface area contributed by atoms with Gasteiger partial charge in [-0.25, -0.2) is 0 Å². The number of nitrogens with zero attached hydrogens (tertiary/aromatic N) is 1. The molecule has 0 bridgehead atoms. The molecule has 0 spiro atoms. The van der Waals surface area contributed by atoms with Crippen LogP contribution >= 0.6 is 0 Å². The molecule has 0 aliphatic carbocycles. The van der Waals surface area contributed by atoms with Crippen LogP contribution in [0.25, 0.3) is 10.9 Å². The Morgan fingerprint density at radius 1 is 1.38 bits per heavy atom. The van der Waals surface area contributed by atoms with E-state index in [2.05, 4.69) is 53.0 Å². The maximum atomic E-state index is 3.90. The molecule has 21 heavy (non-hydrogen) atoms. The number of hydrogen-bond acceptors (Lipinski definition) is 1. The van der Waals surface area contributed by atoms with Gasteiger partial charge in [0, 0.05) is 29.7 Å². The van der Waals surface area contributed by atoms with Crippen LogP contribution in [0.4, 0.5) is 0 Å². The van der Waals surface area contributed by atoms with E-state index in [9.17, 15) is 0 Å². The van der Waals surface area contributed by atoms with Crippen molar-refractivity contribution in [3.05, 3.63) is 66.6 Å². The Kier molecular flexibility index (Phi) is 4.10. The van der Waals surface area contributed by atoms with E-state index in [1.165, 1.54) is 22.2 Å². The van der Waals surface area contributed by atoms with Crippen LogP contribution < -0.4 is 0 Å². The second-order valence-corrected chi connectivity index (χ2v) is 5.60. The van der Waals surface area contributed by atoms with Crippen molar-refractivity contribution in [2.45, 2.75) is 25.3 Å². The third kappa shape index (κ3) is 2.61. The molecule has 108 valence electrons. The Balaban J connectivity index is 2.00. The summed E-state index contributed by atoms with van der Waals surface area (Å²) in [5.41, 5.74) is 7.03. The fourth-order valence-electron chi connectivity index (χ4n) is 3.42. The first-order chi connectivity index (χ1) is 10.3. The highest BCUT2D eigenvalue weighted by atomic mass is 15.2. The smallest absolute Gasteiger partial charge is 0.0508 e. The van der Waals surface area contributed by atoms with Crippen LogP contribution in [0.15, 0.2) is 55.3 Å². The Morgan fingerprint density at radius 2 is 2.24 bits per heavy atom. The van der Waals surface area contributed by atoms with Crippen molar-refractivity contribution in [1.29, 1.82) is 0 Å². The summed E-state index contributed by atoms with van der Waals surface area (Å²) >= 11 is 0. The van der Waals surface area contributed by atoms with Crippen molar-refractivity contribution in [3.8, 4) is 0 Å². The van der Waals surface area contributed by atoms with Gasteiger partial charge in [0.2, 0.25) is 0 Å². The summed E-state index contributed by atoms with van der Waals surface area (Å²) in [6, 6.07) is 9.06. The van der Waals surface area contributed by atoms with Crippen LogP contribution in [0.1, 0.15) is 30.1 Å². The van der Waals surface area contributed by atoms with Crippen molar-refractivity contribution in [2.75, 3.05) is 13.1 Å². The van der Waals surface area contributed by atoms with Gasteiger partial charge in [-0.3, -0.25) is 4.90 Å². The molecule has 2 aromatic rings. The number of aromatic amines is 1. The lowest BCUT2D eigenvalue weighted by Gasteiger charge is -2.35. The van der Waals surface area contributed by atoms with Gasteiger partial charge in [-0.2, -0.15) is 0 Å². The minimum atomic E-state index is 0.434. The van der Waals surface area contributed by atoms with Crippen LogP contribution in [-0.2, 0) is 6.42 Å². The fourth-order valence-corrected chi connectivity index (χ4v) is 3.42. The Morgan fingerprint density at radius 3 is 3.05 bits per heavy atom. The summed E-state index contributed by atoms with van der Waals surface area (Å²) in [5.74, 6) is 0. The van der Waals surface area contributed by atoms with Crippen molar-refractivity contribution in [2.24, 2.45) is 0 Å². The summed E-state index contributed by atoms with van der Waals surface area (Å²) in [5, 5.41) is 1.38. The van der Waals surface area contributed by atoms with E-state index in [1.807, 2.05) is 12.2 Å². The molecule has 2 heterocycles. The van der Waals surface area contributed by atoms with Gasteiger partial charge in [0.25, 0.3) is 0 Å². The maximum absolute atomic E-state index is 3.90. The van der Waals surface area contributed by atoms with E-state index in [4.69, 9.17) is 0 Å². The lowest BCUT2D eigenvalue weighted by atomic mass is 9.94. The monoisotopic (exact) mass is 278 g/mol. The third-order valence-electron chi connectivity index (χ3n) is 4.36. The van der Waals surface area contributed by atoms with Gasteiger partial charge < -0.3 is 4.98 Å². The quantitative estimate of drug-likeness (QED) is 0.635. The van der Waals surface area contributed by atoms with Crippen molar-refractivity contribution in [3.63, 3.8) is 0 Å². The molecule has 0 radical (unpaired) electrons. The predicted octanol–water partition coefficient (Wildman–Crippen LogP) is 4.37. The molecule has 1 N–H and O–H groups in total. The highest BCUT2D eigenvalue weighted by Crippen LogP contribution is 2.36. The molecule has 2 heteroatoms. The summed E-state index contributed by atoms with van der Waals surface area (Å²) in [6.07, 6.45) is 7.25. The molecule has 1 atom stereocenters. The summed E-state index contributed by atoms with van der Waals surface area (Å²) < 4.78 is 0. The van der Waals surface area contributed by atoms with E-state index >= 15 is 0 Å². The number of nitrogens with one attached hydrogen (secondary N) is 1. The highest BCUT2D eigenvalue weighted by Gasteiger charge is 2.28. The molecule has 0 saturated heterocycles. The number of fused-ring (bicyclic) bond motifs is 3. The molecular formula is C19H22N2. The number of H-pyrrole nitrogens is 1. The van der Waals surface area contributed by atoms with Gasteiger partial charge in [0.1, 0.15) is 0 Å². The predicted molar refractivity (Wildman–Crippen MR) is 89.5 cm³/mol. The average molecular weight is 278 g/mol. The van der Waals surface area contributed by atoms with Crippen LogP contribution in [0.2, 0.25) is 0 Å². The molecule has 3 rings (SSSR count). The van der Waals surface area contributed by atoms with Crippen molar-refractivity contribution < 1.29 is 0 Å². The van der Waals surface area contributed by atoms with E-state index in [0.717, 1.165) is 32.4 Å². The SMILES string of the molecule is C=C=CCCC1c2[nH]c3ccccc3c2CCN1CC=C.